The summed E-state index contributed by atoms with van der Waals surface area (Å²) < 4.78 is 4.50. The maximum atomic E-state index is 10.7. The van der Waals surface area contributed by atoms with Crippen molar-refractivity contribution in [1.29, 1.82) is 0 Å². The quantitative estimate of drug-likeness (QED) is 0.671. The predicted octanol–water partition coefficient (Wildman–Crippen LogP) is 2.39. The fourth-order valence-electron chi connectivity index (χ4n) is 1.52. The van der Waals surface area contributed by atoms with E-state index in [0.29, 0.717) is 6.54 Å². The Bertz CT molecular complexity index is 367. The van der Waals surface area contributed by atoms with E-state index in [1.54, 1.807) is 0 Å². The number of methoxy groups -OCH3 is 1. The Kier molecular flexibility index (Phi) is 8.62. The number of para-hydroxylation sites is 1. The molecule has 0 unspecified atom stereocenters. The van der Waals surface area contributed by atoms with Gasteiger partial charge in [0.15, 0.2) is 0 Å². The number of esters is 1. The molecule has 0 bridgehead atoms. The molecule has 4 heteroatoms. The van der Waals surface area contributed by atoms with Crippen LogP contribution in [0.25, 0.3) is 0 Å². The number of hydrogen-bond acceptors (Lipinski definition) is 4. The Morgan fingerprint density at radius 2 is 1.68 bits per heavy atom. The molecule has 0 amide bonds. The zero-order valence-corrected chi connectivity index (χ0v) is 12.7. The molecule has 0 saturated carbocycles. The van der Waals surface area contributed by atoms with Gasteiger partial charge in [-0.2, -0.15) is 0 Å². The normalized spacial score (nSPS) is 9.79. The van der Waals surface area contributed by atoms with Gasteiger partial charge in [0.1, 0.15) is 0 Å². The van der Waals surface area contributed by atoms with Crippen molar-refractivity contribution in [3.05, 3.63) is 29.3 Å². The molecule has 0 heterocycles. The number of nitrogens with two attached hydrogens (primary N) is 1. The molecule has 0 spiro atoms. The van der Waals surface area contributed by atoms with Crippen molar-refractivity contribution in [3.63, 3.8) is 0 Å². The van der Waals surface area contributed by atoms with E-state index in [9.17, 15) is 4.79 Å². The van der Waals surface area contributed by atoms with Crippen LogP contribution in [0.1, 0.15) is 25.0 Å². The second kappa shape index (κ2) is 9.39. The first-order chi connectivity index (χ1) is 8.96. The number of hydrogen-bond donors (Lipinski definition) is 1. The van der Waals surface area contributed by atoms with Gasteiger partial charge in [-0.1, -0.05) is 32.0 Å². The van der Waals surface area contributed by atoms with Gasteiger partial charge >= 0.3 is 5.97 Å². The summed E-state index contributed by atoms with van der Waals surface area (Å²) in [4.78, 5) is 12.7. The summed E-state index contributed by atoms with van der Waals surface area (Å²) in [6, 6.07) is 6.05. The van der Waals surface area contributed by atoms with E-state index in [1.165, 1.54) is 7.11 Å². The van der Waals surface area contributed by atoms with E-state index in [1.807, 2.05) is 50.8 Å². The van der Waals surface area contributed by atoms with E-state index in [2.05, 4.69) is 4.74 Å². The van der Waals surface area contributed by atoms with E-state index in [4.69, 9.17) is 5.73 Å². The molecule has 0 radical (unpaired) electrons. The fraction of sp³-hybridized carbons (Fsp3) is 0.533. The number of nitrogens with zero attached hydrogens (tertiary/aromatic N) is 1. The number of benzene rings is 1. The molecule has 0 saturated heterocycles. The Hall–Kier alpha value is -1.55. The number of likely N-dealkylation sites (N-methyl/N-ethyl adjacent to an activating group) is 1. The highest BCUT2D eigenvalue weighted by molar-refractivity contribution is 5.71. The zero-order valence-electron chi connectivity index (χ0n) is 12.7. The average molecular weight is 266 g/mol. The van der Waals surface area contributed by atoms with Gasteiger partial charge in [0.2, 0.25) is 0 Å². The Labute approximate surface area is 116 Å². The summed E-state index contributed by atoms with van der Waals surface area (Å²) in [5.41, 5.74) is 8.92. The number of aryl methyl sites for hydroxylation is 2. The molecule has 2 N–H and O–H groups in total. The summed E-state index contributed by atoms with van der Waals surface area (Å²) in [7, 11) is 1.41. The van der Waals surface area contributed by atoms with Crippen LogP contribution in [0.3, 0.4) is 0 Å². The second-order valence-electron chi connectivity index (χ2n) is 4.34. The van der Waals surface area contributed by atoms with Gasteiger partial charge in [-0.25, -0.2) is 0 Å². The number of carbonyl (C=O) groups excluding carboxylic acids is 1. The van der Waals surface area contributed by atoms with Crippen LogP contribution < -0.4 is 5.73 Å². The SMILES string of the molecule is CCN(CC)CC(=O)OC.Cc1cccc(C)c1N. The number of nitrogen functional groups attached to an aromatic ring is 1. The minimum Gasteiger partial charge on any atom is -0.468 e. The lowest BCUT2D eigenvalue weighted by Crippen LogP contribution is -2.29. The van der Waals surface area contributed by atoms with Crippen LogP contribution in [0.5, 0.6) is 0 Å². The topological polar surface area (TPSA) is 55.6 Å². The number of ether oxygens (including phenoxy) is 1. The van der Waals surface area contributed by atoms with Crippen LogP contribution in [-0.2, 0) is 9.53 Å². The molecule has 0 aliphatic heterocycles. The van der Waals surface area contributed by atoms with Crippen molar-refractivity contribution in [3.8, 4) is 0 Å². The highest BCUT2D eigenvalue weighted by Crippen LogP contribution is 2.13. The molecule has 0 atom stereocenters. The van der Waals surface area contributed by atoms with Gasteiger partial charge in [0.05, 0.1) is 13.7 Å². The molecule has 0 aromatic heterocycles. The summed E-state index contributed by atoms with van der Waals surface area (Å²) in [5.74, 6) is -0.163. The third kappa shape index (κ3) is 6.82. The van der Waals surface area contributed by atoms with Gasteiger partial charge in [0, 0.05) is 5.69 Å². The van der Waals surface area contributed by atoms with Crippen molar-refractivity contribution in [1.82, 2.24) is 4.90 Å². The molecule has 0 aliphatic carbocycles. The van der Waals surface area contributed by atoms with Crippen LogP contribution in [0.15, 0.2) is 18.2 Å². The number of anilines is 1. The first kappa shape index (κ1) is 17.4. The third-order valence-electron chi connectivity index (χ3n) is 3.02. The Morgan fingerprint density at radius 1 is 1.21 bits per heavy atom. The highest BCUT2D eigenvalue weighted by Gasteiger charge is 2.05. The van der Waals surface area contributed by atoms with Gasteiger partial charge in [-0.15, -0.1) is 0 Å². The lowest BCUT2D eigenvalue weighted by atomic mass is 10.1. The number of carbonyl (C=O) groups is 1. The first-order valence-corrected chi connectivity index (χ1v) is 6.57. The largest absolute Gasteiger partial charge is 0.468 e. The molecule has 108 valence electrons. The molecule has 1 aromatic rings. The Balaban J connectivity index is 0.000000342. The second-order valence-corrected chi connectivity index (χ2v) is 4.34. The van der Waals surface area contributed by atoms with Crippen LogP contribution in [-0.4, -0.2) is 37.6 Å². The molecular weight excluding hydrogens is 240 g/mol. The van der Waals surface area contributed by atoms with E-state index >= 15 is 0 Å². The van der Waals surface area contributed by atoms with Crippen molar-refractivity contribution in [2.75, 3.05) is 32.5 Å². The Morgan fingerprint density at radius 3 is 2.00 bits per heavy atom. The minimum atomic E-state index is -0.163. The van der Waals surface area contributed by atoms with Crippen molar-refractivity contribution >= 4 is 11.7 Å². The monoisotopic (exact) mass is 266 g/mol. The van der Waals surface area contributed by atoms with Crippen LogP contribution in [0.2, 0.25) is 0 Å². The maximum Gasteiger partial charge on any atom is 0.319 e. The molecule has 4 nitrogen and oxygen atoms in total. The standard InChI is InChI=1S/C8H11N.C7H15NO2/c1-6-4-3-5-7(2)8(6)9;1-4-8(5-2)6-7(9)10-3/h3-5H,9H2,1-2H3;4-6H2,1-3H3. The van der Waals surface area contributed by atoms with Crippen molar-refractivity contribution < 1.29 is 9.53 Å². The highest BCUT2D eigenvalue weighted by atomic mass is 16.5. The number of rotatable bonds is 4. The van der Waals surface area contributed by atoms with Crippen molar-refractivity contribution in [2.24, 2.45) is 0 Å². The summed E-state index contributed by atoms with van der Waals surface area (Å²) in [6.45, 7) is 10.3. The van der Waals surface area contributed by atoms with E-state index in [-0.39, 0.29) is 5.97 Å². The molecular formula is C15H26N2O2. The van der Waals surface area contributed by atoms with Crippen LogP contribution >= 0.6 is 0 Å². The maximum absolute atomic E-state index is 10.7. The van der Waals surface area contributed by atoms with Crippen LogP contribution in [0, 0.1) is 13.8 Å². The lowest BCUT2D eigenvalue weighted by molar-refractivity contribution is -0.141. The van der Waals surface area contributed by atoms with E-state index in [0.717, 1.165) is 29.9 Å². The fourth-order valence-corrected chi connectivity index (χ4v) is 1.52. The van der Waals surface area contributed by atoms with Crippen molar-refractivity contribution in [2.45, 2.75) is 27.7 Å². The molecule has 0 aliphatic rings. The molecule has 0 fully saturated rings. The van der Waals surface area contributed by atoms with E-state index < -0.39 is 0 Å². The smallest absolute Gasteiger partial charge is 0.319 e. The van der Waals surface area contributed by atoms with Gasteiger partial charge in [-0.05, 0) is 38.1 Å². The molecule has 1 aromatic carbocycles. The summed E-state index contributed by atoms with van der Waals surface area (Å²) in [5, 5.41) is 0. The zero-order chi connectivity index (χ0) is 14.8. The third-order valence-corrected chi connectivity index (χ3v) is 3.02. The van der Waals surface area contributed by atoms with Crippen LogP contribution in [0.4, 0.5) is 5.69 Å². The summed E-state index contributed by atoms with van der Waals surface area (Å²) in [6.07, 6.45) is 0. The van der Waals surface area contributed by atoms with Gasteiger partial charge in [-0.3, -0.25) is 9.69 Å². The first-order valence-electron chi connectivity index (χ1n) is 6.57. The lowest BCUT2D eigenvalue weighted by Gasteiger charge is -2.15. The average Bonchev–Trinajstić information content (AvgIpc) is 2.42. The summed E-state index contributed by atoms with van der Waals surface area (Å²) >= 11 is 0. The van der Waals surface area contributed by atoms with Gasteiger partial charge < -0.3 is 10.5 Å². The molecule has 1 rings (SSSR count). The minimum absolute atomic E-state index is 0.163. The molecule has 19 heavy (non-hydrogen) atoms. The predicted molar refractivity (Wildman–Crippen MR) is 80.1 cm³/mol. The van der Waals surface area contributed by atoms with Gasteiger partial charge in [0.25, 0.3) is 0 Å².